The molecule has 3 aromatic carbocycles. The van der Waals surface area contributed by atoms with E-state index in [2.05, 4.69) is 142 Å². The smallest absolute Gasteiger partial charge is 0.137 e. The number of hydrogen-bond donors (Lipinski definition) is 2. The van der Waals surface area contributed by atoms with Crippen LogP contribution in [0, 0.1) is 0 Å². The topological polar surface area (TPSA) is 54.8 Å². The lowest BCUT2D eigenvalue weighted by Crippen LogP contribution is -2.22. The van der Waals surface area contributed by atoms with Crippen LogP contribution >= 0.6 is 0 Å². The molecule has 0 amide bonds. The molecule has 6 aromatic rings. The van der Waals surface area contributed by atoms with E-state index >= 15 is 0 Å². The summed E-state index contributed by atoms with van der Waals surface area (Å²) in [6.45, 7) is 0.836. The monoisotopic (exact) mass is 529 g/mol. The van der Waals surface area contributed by atoms with Crippen LogP contribution in [-0.4, -0.2) is 21.1 Å². The number of fused-ring (bicyclic) bond motifs is 4. The molecule has 0 saturated heterocycles. The number of rotatable bonds is 4. The van der Waals surface area contributed by atoms with E-state index in [1.165, 1.54) is 27.8 Å². The van der Waals surface area contributed by atoms with Gasteiger partial charge in [0.05, 0.1) is 22.8 Å². The van der Waals surface area contributed by atoms with Gasteiger partial charge in [-0.1, -0.05) is 91.0 Å². The Kier molecular flexibility index (Phi) is 5.52. The second-order valence-electron chi connectivity index (χ2n) is 10.4. The van der Waals surface area contributed by atoms with Gasteiger partial charge in [0.2, 0.25) is 0 Å². The van der Waals surface area contributed by atoms with Crippen molar-refractivity contribution in [1.29, 1.82) is 0 Å². The molecular weight excluding hydrogens is 502 g/mol. The normalized spacial score (nSPS) is 15.8. The lowest BCUT2D eigenvalue weighted by molar-refractivity contribution is 0.733. The van der Waals surface area contributed by atoms with Crippen molar-refractivity contribution in [2.24, 2.45) is 0 Å². The quantitative estimate of drug-likeness (QED) is 0.244. The molecule has 5 nitrogen and oxygen atoms in total. The number of nitrogens with one attached hydrogen (secondary N) is 2. The Hall–Kier alpha value is -5.42. The van der Waals surface area contributed by atoms with Crippen molar-refractivity contribution in [2.75, 3.05) is 11.9 Å². The summed E-state index contributed by atoms with van der Waals surface area (Å²) in [6.07, 6.45) is 14.6. The molecule has 0 radical (unpaired) electrons. The molecular formula is C36H27N5. The number of nitrogens with zero attached hydrogens (tertiary/aromatic N) is 3. The molecule has 2 aliphatic rings. The van der Waals surface area contributed by atoms with Crippen LogP contribution < -0.4 is 10.6 Å². The summed E-state index contributed by atoms with van der Waals surface area (Å²) in [5.41, 5.74) is 10.2. The minimum Gasteiger partial charge on any atom is -0.381 e. The molecule has 0 bridgehead atoms. The van der Waals surface area contributed by atoms with E-state index in [-0.39, 0.29) is 6.04 Å². The molecule has 2 aliphatic heterocycles. The number of para-hydroxylation sites is 2. The zero-order valence-electron chi connectivity index (χ0n) is 22.3. The van der Waals surface area contributed by atoms with E-state index in [0.717, 1.165) is 45.7 Å². The van der Waals surface area contributed by atoms with E-state index in [4.69, 9.17) is 4.98 Å². The Morgan fingerprint density at radius 3 is 2.56 bits per heavy atom. The Morgan fingerprint density at radius 2 is 1.59 bits per heavy atom. The number of benzene rings is 3. The lowest BCUT2D eigenvalue weighted by Gasteiger charge is -2.25. The molecule has 0 spiro atoms. The predicted molar refractivity (Wildman–Crippen MR) is 169 cm³/mol. The van der Waals surface area contributed by atoms with Gasteiger partial charge in [-0.05, 0) is 41.5 Å². The van der Waals surface area contributed by atoms with Crippen molar-refractivity contribution in [3.05, 3.63) is 145 Å². The van der Waals surface area contributed by atoms with Crippen molar-refractivity contribution < 1.29 is 0 Å². The maximum absolute atomic E-state index is 5.19. The summed E-state index contributed by atoms with van der Waals surface area (Å²) in [5, 5.41) is 9.66. The predicted octanol–water partition coefficient (Wildman–Crippen LogP) is 7.92. The summed E-state index contributed by atoms with van der Waals surface area (Å²) in [7, 11) is 0. The highest BCUT2D eigenvalue weighted by molar-refractivity contribution is 6.08. The van der Waals surface area contributed by atoms with Crippen molar-refractivity contribution in [1.82, 2.24) is 19.9 Å². The van der Waals surface area contributed by atoms with E-state index in [1.807, 2.05) is 12.4 Å². The number of hydrogen-bond acceptors (Lipinski definition) is 4. The first-order valence-corrected chi connectivity index (χ1v) is 13.9. The van der Waals surface area contributed by atoms with Crippen LogP contribution in [0.5, 0.6) is 0 Å². The Balaban J connectivity index is 1.17. The average Bonchev–Trinajstić information content (AvgIpc) is 3.39. The molecule has 0 aliphatic carbocycles. The summed E-state index contributed by atoms with van der Waals surface area (Å²) < 4.78 is 2.23. The standard InChI is InChI=1S/C36H27N5/c1-2-12-26(25(11-1)28-14-5-9-24-10-8-21-38-36(24)28)30-15-6-16-31(39-30)32-17-7-19-35(40-32)41-33-18-4-3-13-27(33)29-23-37-22-20-34(29)41/h1-20,22-23,31,38-39H,21H2. The minimum absolute atomic E-state index is 0.0662. The molecule has 0 saturated carbocycles. The van der Waals surface area contributed by atoms with E-state index in [0.29, 0.717) is 0 Å². The van der Waals surface area contributed by atoms with Gasteiger partial charge in [0.25, 0.3) is 0 Å². The maximum atomic E-state index is 5.19. The molecule has 196 valence electrons. The van der Waals surface area contributed by atoms with Gasteiger partial charge in [-0.15, -0.1) is 0 Å². The van der Waals surface area contributed by atoms with E-state index in [9.17, 15) is 0 Å². The molecule has 1 atom stereocenters. The van der Waals surface area contributed by atoms with Crippen LogP contribution in [-0.2, 0) is 0 Å². The first-order chi connectivity index (χ1) is 20.3. The van der Waals surface area contributed by atoms with Crippen LogP contribution in [0.25, 0.3) is 50.5 Å². The highest BCUT2D eigenvalue weighted by Crippen LogP contribution is 2.38. The van der Waals surface area contributed by atoms with Crippen molar-refractivity contribution in [3.8, 4) is 16.9 Å². The number of pyridine rings is 2. The van der Waals surface area contributed by atoms with Gasteiger partial charge in [-0.2, -0.15) is 0 Å². The molecule has 41 heavy (non-hydrogen) atoms. The van der Waals surface area contributed by atoms with Crippen molar-refractivity contribution in [2.45, 2.75) is 6.04 Å². The van der Waals surface area contributed by atoms with Crippen LogP contribution in [0.15, 0.2) is 128 Å². The van der Waals surface area contributed by atoms with Crippen LogP contribution in [0.1, 0.15) is 22.9 Å². The number of aromatic nitrogens is 3. The van der Waals surface area contributed by atoms with Crippen molar-refractivity contribution in [3.63, 3.8) is 0 Å². The average molecular weight is 530 g/mol. The molecule has 2 N–H and O–H groups in total. The van der Waals surface area contributed by atoms with Gasteiger partial charge < -0.3 is 10.6 Å². The lowest BCUT2D eigenvalue weighted by atomic mass is 9.92. The van der Waals surface area contributed by atoms with Gasteiger partial charge in [-0.25, -0.2) is 4.98 Å². The largest absolute Gasteiger partial charge is 0.381 e. The molecule has 0 fully saturated rings. The zero-order chi connectivity index (χ0) is 27.2. The fraction of sp³-hybridized carbons (Fsp3) is 0.0556. The second-order valence-corrected chi connectivity index (χ2v) is 10.4. The van der Waals surface area contributed by atoms with Crippen LogP contribution in [0.3, 0.4) is 0 Å². The fourth-order valence-corrected chi connectivity index (χ4v) is 6.10. The number of dihydropyridines is 1. The van der Waals surface area contributed by atoms with Gasteiger partial charge >= 0.3 is 0 Å². The van der Waals surface area contributed by atoms with Crippen molar-refractivity contribution >= 4 is 39.3 Å². The molecule has 8 rings (SSSR count). The van der Waals surface area contributed by atoms with Crippen LogP contribution in [0.2, 0.25) is 0 Å². The van der Waals surface area contributed by atoms with Crippen LogP contribution in [0.4, 0.5) is 5.69 Å². The second kappa shape index (κ2) is 9.65. The first-order valence-electron chi connectivity index (χ1n) is 13.9. The Morgan fingerprint density at radius 1 is 0.756 bits per heavy atom. The molecule has 1 unspecified atom stereocenters. The maximum Gasteiger partial charge on any atom is 0.137 e. The third-order valence-electron chi connectivity index (χ3n) is 7.95. The van der Waals surface area contributed by atoms with Gasteiger partial charge in [0.1, 0.15) is 5.82 Å². The number of anilines is 1. The van der Waals surface area contributed by atoms with Gasteiger partial charge in [0.15, 0.2) is 0 Å². The fourth-order valence-electron chi connectivity index (χ4n) is 6.10. The number of allylic oxidation sites excluding steroid dienone is 2. The summed E-state index contributed by atoms with van der Waals surface area (Å²) >= 11 is 0. The third-order valence-corrected chi connectivity index (χ3v) is 7.95. The molecule has 3 aromatic heterocycles. The summed E-state index contributed by atoms with van der Waals surface area (Å²) in [6, 6.07) is 31.8. The third kappa shape index (κ3) is 3.94. The molecule has 5 heterocycles. The van der Waals surface area contributed by atoms with Gasteiger partial charge in [0, 0.05) is 52.2 Å². The first kappa shape index (κ1) is 23.5. The van der Waals surface area contributed by atoms with E-state index in [1.54, 1.807) is 0 Å². The summed E-state index contributed by atoms with van der Waals surface area (Å²) in [5.74, 6) is 0.890. The molecule has 5 heteroatoms. The van der Waals surface area contributed by atoms with E-state index < -0.39 is 0 Å². The summed E-state index contributed by atoms with van der Waals surface area (Å²) in [4.78, 5) is 9.57. The van der Waals surface area contributed by atoms with Gasteiger partial charge in [-0.3, -0.25) is 9.55 Å². The SMILES string of the molecule is C1=CC(c2cccc(-n3c4ccccc4c4cnccc43)n2)NC(c2ccccc2-c2cccc3c2NCC=C3)=C1. The Labute approximate surface area is 238 Å². The highest BCUT2D eigenvalue weighted by Gasteiger charge is 2.20. The Bertz CT molecular complexity index is 1990. The minimum atomic E-state index is -0.0662. The zero-order valence-corrected chi connectivity index (χ0v) is 22.3. The highest BCUT2D eigenvalue weighted by atomic mass is 15.1.